The minimum Gasteiger partial charge on any atom is -0.493 e. The molecule has 1 N–H and O–H groups in total. The van der Waals surface area contributed by atoms with Crippen LogP contribution in [-0.4, -0.2) is 67.0 Å². The lowest BCUT2D eigenvalue weighted by molar-refractivity contribution is -0.139. The van der Waals surface area contributed by atoms with Gasteiger partial charge in [0.05, 0.1) is 12.3 Å². The van der Waals surface area contributed by atoms with Crippen LogP contribution in [0.2, 0.25) is 0 Å². The van der Waals surface area contributed by atoms with Crippen molar-refractivity contribution in [2.24, 2.45) is 0 Å². The first kappa shape index (κ1) is 20.3. The van der Waals surface area contributed by atoms with E-state index in [9.17, 15) is 18.8 Å². The highest BCUT2D eigenvalue weighted by Gasteiger charge is 2.55. The maximum Gasteiger partial charge on any atom is 0.325 e. The molecule has 4 amide bonds. The van der Waals surface area contributed by atoms with Crippen LogP contribution in [0.3, 0.4) is 0 Å². The van der Waals surface area contributed by atoms with Crippen LogP contribution in [0.5, 0.6) is 5.75 Å². The van der Waals surface area contributed by atoms with Crippen molar-refractivity contribution < 1.29 is 23.5 Å². The molecule has 0 bridgehead atoms. The summed E-state index contributed by atoms with van der Waals surface area (Å²) >= 11 is 0. The second-order valence-corrected chi connectivity index (χ2v) is 8.14. The van der Waals surface area contributed by atoms with Gasteiger partial charge in [0.25, 0.3) is 5.91 Å². The molecule has 0 aromatic heterocycles. The summed E-state index contributed by atoms with van der Waals surface area (Å²) < 4.78 is 19.7. The predicted octanol–water partition coefficient (Wildman–Crippen LogP) is 1.70. The molecular formula is C23H23FN4O4. The van der Waals surface area contributed by atoms with Crippen molar-refractivity contribution in [2.75, 3.05) is 44.2 Å². The molecule has 2 aromatic carbocycles. The third-order valence-corrected chi connectivity index (χ3v) is 6.38. The van der Waals surface area contributed by atoms with Gasteiger partial charge in [-0.25, -0.2) is 9.18 Å². The number of nitrogens with zero attached hydrogens (tertiary/aromatic N) is 3. The van der Waals surface area contributed by atoms with Crippen LogP contribution in [0.4, 0.5) is 14.9 Å². The van der Waals surface area contributed by atoms with E-state index in [1.165, 1.54) is 6.07 Å². The van der Waals surface area contributed by atoms with Gasteiger partial charge in [0.15, 0.2) is 5.54 Å². The van der Waals surface area contributed by atoms with Gasteiger partial charge in [-0.3, -0.25) is 14.5 Å². The van der Waals surface area contributed by atoms with Crippen molar-refractivity contribution in [3.8, 4) is 5.75 Å². The molecule has 32 heavy (non-hydrogen) atoms. The summed E-state index contributed by atoms with van der Waals surface area (Å²) in [5, 5.41) is 2.81. The van der Waals surface area contributed by atoms with E-state index in [0.29, 0.717) is 56.2 Å². The van der Waals surface area contributed by atoms with E-state index in [-0.39, 0.29) is 18.3 Å². The summed E-state index contributed by atoms with van der Waals surface area (Å²) in [4.78, 5) is 43.4. The number of hydrogen-bond acceptors (Lipinski definition) is 5. The molecule has 5 rings (SSSR count). The number of nitrogens with one attached hydrogen (secondary N) is 1. The summed E-state index contributed by atoms with van der Waals surface area (Å²) in [6.45, 7) is 1.69. The third-order valence-electron chi connectivity index (χ3n) is 6.38. The first-order valence-electron chi connectivity index (χ1n) is 10.6. The molecule has 8 nitrogen and oxygen atoms in total. The Morgan fingerprint density at radius 1 is 1.03 bits per heavy atom. The fourth-order valence-electron chi connectivity index (χ4n) is 4.66. The van der Waals surface area contributed by atoms with E-state index in [1.54, 1.807) is 47.4 Å². The highest BCUT2D eigenvalue weighted by Crippen LogP contribution is 2.40. The monoisotopic (exact) mass is 438 g/mol. The summed E-state index contributed by atoms with van der Waals surface area (Å²) in [6, 6.07) is 13.1. The number of carbonyl (C=O) groups excluding carboxylic acids is 3. The first-order valence-corrected chi connectivity index (χ1v) is 10.6. The number of fused-ring (bicyclic) bond motifs is 2. The molecule has 1 spiro atoms. The number of anilines is 1. The Labute approximate surface area is 184 Å². The van der Waals surface area contributed by atoms with Crippen molar-refractivity contribution in [1.29, 1.82) is 0 Å². The number of imide groups is 1. The lowest BCUT2D eigenvalue weighted by atomic mass is 9.84. The lowest BCUT2D eigenvalue weighted by Gasteiger charge is -2.36. The highest BCUT2D eigenvalue weighted by molar-refractivity contribution is 6.09. The average Bonchev–Trinajstić information content (AvgIpc) is 3.04. The van der Waals surface area contributed by atoms with Gasteiger partial charge in [-0.2, -0.15) is 0 Å². The smallest absolute Gasteiger partial charge is 0.325 e. The summed E-state index contributed by atoms with van der Waals surface area (Å²) in [5.41, 5.74) is -0.0812. The number of benzene rings is 2. The minimum absolute atomic E-state index is 0.294. The van der Waals surface area contributed by atoms with Gasteiger partial charge in [0.1, 0.15) is 18.1 Å². The molecule has 0 radical (unpaired) electrons. The Bertz CT molecular complexity index is 1090. The van der Waals surface area contributed by atoms with Crippen molar-refractivity contribution in [3.05, 3.63) is 59.9 Å². The summed E-state index contributed by atoms with van der Waals surface area (Å²) in [6.07, 6.45) is 0.306. The summed E-state index contributed by atoms with van der Waals surface area (Å²) in [7, 11) is 0. The van der Waals surface area contributed by atoms with Crippen LogP contribution < -0.4 is 15.0 Å². The standard InChI is InChI=1S/C23H23FN4O4/c24-17-6-2-3-7-18(17)26-10-12-27(13-11-26)20(29)15-28-21(30)23(25-22(28)31)9-14-32-19-8-4-1-5-16(19)23/h1-8H,9-15H2,(H,25,31). The molecule has 3 aliphatic rings. The quantitative estimate of drug-likeness (QED) is 0.738. The van der Waals surface area contributed by atoms with E-state index in [4.69, 9.17) is 4.74 Å². The zero-order chi connectivity index (χ0) is 22.3. The van der Waals surface area contributed by atoms with Crippen molar-refractivity contribution in [2.45, 2.75) is 12.0 Å². The number of para-hydroxylation sites is 2. The molecule has 2 aromatic rings. The van der Waals surface area contributed by atoms with E-state index in [2.05, 4.69) is 5.32 Å². The van der Waals surface area contributed by atoms with E-state index in [1.807, 2.05) is 4.90 Å². The van der Waals surface area contributed by atoms with Gasteiger partial charge >= 0.3 is 6.03 Å². The number of piperazine rings is 1. The van der Waals surface area contributed by atoms with E-state index in [0.717, 1.165) is 4.90 Å². The SMILES string of the molecule is O=C(CN1C(=O)NC2(CCOc3ccccc32)C1=O)N1CCN(c2ccccc2F)CC1. The Morgan fingerprint density at radius 3 is 2.53 bits per heavy atom. The highest BCUT2D eigenvalue weighted by atomic mass is 19.1. The fraction of sp³-hybridized carbons (Fsp3) is 0.348. The largest absolute Gasteiger partial charge is 0.493 e. The second kappa shape index (κ2) is 7.81. The van der Waals surface area contributed by atoms with E-state index < -0.39 is 17.5 Å². The lowest BCUT2D eigenvalue weighted by Crippen LogP contribution is -2.52. The molecule has 0 aliphatic carbocycles. The van der Waals surface area contributed by atoms with Crippen molar-refractivity contribution in [3.63, 3.8) is 0 Å². The Balaban J connectivity index is 1.26. The van der Waals surface area contributed by atoms with Crippen LogP contribution >= 0.6 is 0 Å². The average molecular weight is 438 g/mol. The molecule has 9 heteroatoms. The third kappa shape index (κ3) is 3.24. The predicted molar refractivity (Wildman–Crippen MR) is 114 cm³/mol. The number of hydrogen-bond donors (Lipinski definition) is 1. The molecular weight excluding hydrogens is 415 g/mol. The Kier molecular flexibility index (Phi) is 4.96. The van der Waals surface area contributed by atoms with Crippen LogP contribution in [-0.2, 0) is 15.1 Å². The molecule has 1 atom stereocenters. The number of halogens is 1. The number of urea groups is 1. The topological polar surface area (TPSA) is 82.2 Å². The van der Waals surface area contributed by atoms with E-state index >= 15 is 0 Å². The summed E-state index contributed by atoms with van der Waals surface area (Å²) in [5.74, 6) is -0.478. The van der Waals surface area contributed by atoms with Crippen molar-refractivity contribution >= 4 is 23.5 Å². The molecule has 166 valence electrons. The Hall–Kier alpha value is -3.62. The maximum absolute atomic E-state index is 14.0. The van der Waals surface area contributed by atoms with Crippen molar-refractivity contribution in [1.82, 2.24) is 15.1 Å². The second-order valence-electron chi connectivity index (χ2n) is 8.14. The Morgan fingerprint density at radius 2 is 1.75 bits per heavy atom. The number of ether oxygens (including phenoxy) is 1. The number of carbonyl (C=O) groups is 3. The molecule has 0 saturated carbocycles. The maximum atomic E-state index is 14.0. The first-order chi connectivity index (χ1) is 15.5. The minimum atomic E-state index is -1.20. The van der Waals surface area contributed by atoms with Crippen LogP contribution in [0.1, 0.15) is 12.0 Å². The molecule has 3 heterocycles. The molecule has 1 unspecified atom stereocenters. The van der Waals surface area contributed by atoms with Gasteiger partial charge in [-0.05, 0) is 18.2 Å². The number of rotatable bonds is 3. The molecule has 2 fully saturated rings. The van der Waals surface area contributed by atoms with Gasteiger partial charge < -0.3 is 19.9 Å². The van der Waals surface area contributed by atoms with Gasteiger partial charge in [0, 0.05) is 38.2 Å². The van der Waals surface area contributed by atoms with Gasteiger partial charge in [0.2, 0.25) is 5.91 Å². The normalized spacial score (nSPS) is 22.6. The van der Waals surface area contributed by atoms with Crippen LogP contribution in [0.25, 0.3) is 0 Å². The zero-order valence-electron chi connectivity index (χ0n) is 17.4. The van der Waals surface area contributed by atoms with Gasteiger partial charge in [-0.1, -0.05) is 30.3 Å². The van der Waals surface area contributed by atoms with Gasteiger partial charge in [-0.15, -0.1) is 0 Å². The molecule has 2 saturated heterocycles. The van der Waals surface area contributed by atoms with Crippen LogP contribution in [0.15, 0.2) is 48.5 Å². The molecule has 3 aliphatic heterocycles. The fourth-order valence-corrected chi connectivity index (χ4v) is 4.66. The number of amides is 4. The zero-order valence-corrected chi connectivity index (χ0v) is 17.4. The van der Waals surface area contributed by atoms with Crippen LogP contribution in [0, 0.1) is 5.82 Å².